The standard InChI is InChI=1S/C18H25N3O2/c1-12(2)11-21(14(4)16-9-7-6-8-13(16)3)18(22)10-17-20-19-15(5)23-17/h6-9,12,14H,10-11H2,1-5H3/t14-/m1/s1. The molecule has 1 atom stereocenters. The topological polar surface area (TPSA) is 59.2 Å². The molecule has 1 amide bonds. The SMILES string of the molecule is Cc1nnc(CC(=O)N(CC(C)C)[C@H](C)c2ccccc2C)o1. The highest BCUT2D eigenvalue weighted by Crippen LogP contribution is 2.25. The van der Waals surface area contributed by atoms with Gasteiger partial charge in [-0.2, -0.15) is 0 Å². The predicted octanol–water partition coefficient (Wildman–Crippen LogP) is 3.47. The summed E-state index contributed by atoms with van der Waals surface area (Å²) in [7, 11) is 0. The molecule has 0 N–H and O–H groups in total. The van der Waals surface area contributed by atoms with Gasteiger partial charge in [0, 0.05) is 13.5 Å². The molecular weight excluding hydrogens is 290 g/mol. The molecule has 1 aromatic heterocycles. The van der Waals surface area contributed by atoms with Gasteiger partial charge in [0.2, 0.25) is 17.7 Å². The van der Waals surface area contributed by atoms with Gasteiger partial charge in [0.15, 0.2) is 0 Å². The van der Waals surface area contributed by atoms with Crippen molar-refractivity contribution in [3.05, 3.63) is 47.2 Å². The fraction of sp³-hybridized carbons (Fsp3) is 0.500. The number of amides is 1. The summed E-state index contributed by atoms with van der Waals surface area (Å²) in [6.45, 7) is 10.8. The summed E-state index contributed by atoms with van der Waals surface area (Å²) in [4.78, 5) is 14.7. The third kappa shape index (κ3) is 4.41. The zero-order chi connectivity index (χ0) is 17.0. The van der Waals surface area contributed by atoms with Crippen molar-refractivity contribution < 1.29 is 9.21 Å². The summed E-state index contributed by atoms with van der Waals surface area (Å²) >= 11 is 0. The lowest BCUT2D eigenvalue weighted by Gasteiger charge is -2.31. The average Bonchev–Trinajstić information content (AvgIpc) is 2.89. The number of rotatable bonds is 6. The minimum Gasteiger partial charge on any atom is -0.425 e. The van der Waals surface area contributed by atoms with Gasteiger partial charge in [-0.25, -0.2) is 0 Å². The van der Waals surface area contributed by atoms with Crippen LogP contribution in [0.5, 0.6) is 0 Å². The molecule has 5 nitrogen and oxygen atoms in total. The first-order valence-corrected chi connectivity index (χ1v) is 8.02. The van der Waals surface area contributed by atoms with Crippen LogP contribution in [-0.2, 0) is 11.2 Å². The van der Waals surface area contributed by atoms with Crippen molar-refractivity contribution in [3.8, 4) is 0 Å². The van der Waals surface area contributed by atoms with E-state index in [0.29, 0.717) is 24.2 Å². The van der Waals surface area contributed by atoms with Gasteiger partial charge < -0.3 is 9.32 Å². The van der Waals surface area contributed by atoms with Gasteiger partial charge in [0.05, 0.1) is 6.04 Å². The predicted molar refractivity (Wildman–Crippen MR) is 88.9 cm³/mol. The number of benzene rings is 1. The van der Waals surface area contributed by atoms with E-state index in [0.717, 1.165) is 0 Å². The molecule has 0 bridgehead atoms. The first-order valence-electron chi connectivity index (χ1n) is 8.02. The van der Waals surface area contributed by atoms with Crippen molar-refractivity contribution >= 4 is 5.91 Å². The summed E-state index contributed by atoms with van der Waals surface area (Å²) in [6.07, 6.45) is 0.143. The van der Waals surface area contributed by atoms with E-state index in [4.69, 9.17) is 4.42 Å². The fourth-order valence-corrected chi connectivity index (χ4v) is 2.73. The van der Waals surface area contributed by atoms with Crippen molar-refractivity contribution in [1.29, 1.82) is 0 Å². The Morgan fingerprint density at radius 1 is 1.17 bits per heavy atom. The molecule has 0 unspecified atom stereocenters. The lowest BCUT2D eigenvalue weighted by Crippen LogP contribution is -2.37. The Hall–Kier alpha value is -2.17. The number of carbonyl (C=O) groups is 1. The van der Waals surface area contributed by atoms with E-state index in [-0.39, 0.29) is 18.4 Å². The summed E-state index contributed by atoms with van der Waals surface area (Å²) in [5.41, 5.74) is 2.36. The first-order chi connectivity index (χ1) is 10.9. The molecule has 5 heteroatoms. The Kier molecular flexibility index (Phi) is 5.53. The molecule has 0 saturated heterocycles. The second kappa shape index (κ2) is 7.40. The van der Waals surface area contributed by atoms with Crippen LogP contribution in [-0.4, -0.2) is 27.5 Å². The van der Waals surface area contributed by atoms with Crippen LogP contribution in [0.15, 0.2) is 28.7 Å². The number of nitrogens with zero attached hydrogens (tertiary/aromatic N) is 3. The van der Waals surface area contributed by atoms with Gasteiger partial charge in [0.25, 0.3) is 0 Å². The van der Waals surface area contributed by atoms with Crippen molar-refractivity contribution in [2.45, 2.75) is 47.1 Å². The Morgan fingerprint density at radius 2 is 1.87 bits per heavy atom. The highest BCUT2D eigenvalue weighted by atomic mass is 16.4. The van der Waals surface area contributed by atoms with Crippen molar-refractivity contribution in [1.82, 2.24) is 15.1 Å². The quantitative estimate of drug-likeness (QED) is 0.819. The van der Waals surface area contributed by atoms with Crippen LogP contribution in [0.25, 0.3) is 0 Å². The van der Waals surface area contributed by atoms with E-state index in [1.54, 1.807) is 6.92 Å². The summed E-state index contributed by atoms with van der Waals surface area (Å²) < 4.78 is 5.35. The van der Waals surface area contributed by atoms with Gasteiger partial charge in [0.1, 0.15) is 6.42 Å². The number of carbonyl (C=O) groups excluding carboxylic acids is 1. The maximum Gasteiger partial charge on any atom is 0.232 e. The van der Waals surface area contributed by atoms with Crippen LogP contribution in [0, 0.1) is 19.8 Å². The van der Waals surface area contributed by atoms with Gasteiger partial charge >= 0.3 is 0 Å². The fourth-order valence-electron chi connectivity index (χ4n) is 2.73. The van der Waals surface area contributed by atoms with E-state index in [2.05, 4.69) is 50.0 Å². The molecule has 2 rings (SSSR count). The normalized spacial score (nSPS) is 12.4. The average molecular weight is 315 g/mol. The van der Waals surface area contributed by atoms with Gasteiger partial charge in [-0.3, -0.25) is 4.79 Å². The second-order valence-electron chi connectivity index (χ2n) is 6.36. The minimum atomic E-state index is 0.00937. The lowest BCUT2D eigenvalue weighted by atomic mass is 10.00. The summed E-state index contributed by atoms with van der Waals surface area (Å²) in [5.74, 6) is 1.25. The molecule has 0 aliphatic heterocycles. The Labute approximate surface area is 137 Å². The largest absolute Gasteiger partial charge is 0.425 e. The monoisotopic (exact) mass is 315 g/mol. The Bertz CT molecular complexity index is 664. The molecule has 124 valence electrons. The van der Waals surface area contributed by atoms with Crippen LogP contribution in [0.3, 0.4) is 0 Å². The van der Waals surface area contributed by atoms with Crippen LogP contribution >= 0.6 is 0 Å². The van der Waals surface area contributed by atoms with Gasteiger partial charge in [-0.1, -0.05) is 38.1 Å². The van der Waals surface area contributed by atoms with Crippen LogP contribution in [0.4, 0.5) is 0 Å². The lowest BCUT2D eigenvalue weighted by molar-refractivity contribution is -0.133. The molecular formula is C18H25N3O2. The number of hydrogen-bond acceptors (Lipinski definition) is 4. The number of aryl methyl sites for hydroxylation is 2. The van der Waals surface area contributed by atoms with Crippen LogP contribution < -0.4 is 0 Å². The molecule has 0 aliphatic carbocycles. The Morgan fingerprint density at radius 3 is 2.43 bits per heavy atom. The van der Waals surface area contributed by atoms with Gasteiger partial charge in [-0.15, -0.1) is 10.2 Å². The third-order valence-electron chi connectivity index (χ3n) is 3.86. The number of aromatic nitrogens is 2. The molecule has 2 aromatic rings. The van der Waals surface area contributed by atoms with Crippen LogP contribution in [0.2, 0.25) is 0 Å². The van der Waals surface area contributed by atoms with Crippen molar-refractivity contribution in [3.63, 3.8) is 0 Å². The molecule has 1 aromatic carbocycles. The van der Waals surface area contributed by atoms with Crippen molar-refractivity contribution in [2.75, 3.05) is 6.54 Å². The van der Waals surface area contributed by atoms with E-state index in [1.807, 2.05) is 17.0 Å². The second-order valence-corrected chi connectivity index (χ2v) is 6.36. The maximum atomic E-state index is 12.8. The highest BCUT2D eigenvalue weighted by molar-refractivity contribution is 5.78. The summed E-state index contributed by atoms with van der Waals surface area (Å²) in [6, 6.07) is 8.19. The number of hydrogen-bond donors (Lipinski definition) is 0. The third-order valence-corrected chi connectivity index (χ3v) is 3.86. The zero-order valence-electron chi connectivity index (χ0n) is 14.5. The van der Waals surface area contributed by atoms with E-state index >= 15 is 0 Å². The Balaban J connectivity index is 2.22. The van der Waals surface area contributed by atoms with E-state index in [1.165, 1.54) is 11.1 Å². The highest BCUT2D eigenvalue weighted by Gasteiger charge is 2.24. The molecule has 0 radical (unpaired) electrons. The zero-order valence-corrected chi connectivity index (χ0v) is 14.5. The molecule has 0 aliphatic rings. The molecule has 1 heterocycles. The van der Waals surface area contributed by atoms with E-state index in [9.17, 15) is 4.79 Å². The smallest absolute Gasteiger partial charge is 0.232 e. The summed E-state index contributed by atoms with van der Waals surface area (Å²) in [5, 5.41) is 7.72. The van der Waals surface area contributed by atoms with Crippen molar-refractivity contribution in [2.24, 2.45) is 5.92 Å². The minimum absolute atomic E-state index is 0.00937. The molecule has 0 fully saturated rings. The molecule has 23 heavy (non-hydrogen) atoms. The van der Waals surface area contributed by atoms with Crippen LogP contribution in [0.1, 0.15) is 49.7 Å². The van der Waals surface area contributed by atoms with Gasteiger partial charge in [-0.05, 0) is 30.9 Å². The van der Waals surface area contributed by atoms with E-state index < -0.39 is 0 Å². The molecule has 0 spiro atoms. The molecule has 0 saturated carbocycles. The first kappa shape index (κ1) is 17.2. The maximum absolute atomic E-state index is 12.8.